The van der Waals surface area contributed by atoms with Crippen LogP contribution in [0.15, 0.2) is 36.4 Å². The Morgan fingerprint density at radius 1 is 0.952 bits per heavy atom. The Morgan fingerprint density at radius 2 is 1.52 bits per heavy atom. The van der Waals surface area contributed by atoms with Crippen molar-refractivity contribution >= 4 is 5.78 Å². The summed E-state index contributed by atoms with van der Waals surface area (Å²) in [5.74, 6) is -0.0976. The highest BCUT2D eigenvalue weighted by molar-refractivity contribution is 6.12. The molecule has 21 heavy (non-hydrogen) atoms. The summed E-state index contributed by atoms with van der Waals surface area (Å²) >= 11 is 0. The number of carbonyl (C=O) groups is 1. The van der Waals surface area contributed by atoms with E-state index in [0.29, 0.717) is 5.75 Å². The summed E-state index contributed by atoms with van der Waals surface area (Å²) in [4.78, 5) is 12.6. The lowest BCUT2D eigenvalue weighted by atomic mass is 10.0. The second-order valence-electron chi connectivity index (χ2n) is 4.22. The second kappa shape index (κ2) is 6.26. The van der Waals surface area contributed by atoms with Gasteiger partial charge < -0.3 is 14.2 Å². The highest BCUT2D eigenvalue weighted by Gasteiger charge is 2.23. The Morgan fingerprint density at radius 3 is 2.00 bits per heavy atom. The van der Waals surface area contributed by atoms with Gasteiger partial charge in [0.2, 0.25) is 5.78 Å². The topological polar surface area (TPSA) is 44.8 Å². The molecule has 0 aliphatic heterocycles. The van der Waals surface area contributed by atoms with Crippen LogP contribution < -0.4 is 14.2 Å². The van der Waals surface area contributed by atoms with E-state index in [9.17, 15) is 9.18 Å². The zero-order valence-corrected chi connectivity index (χ0v) is 12.0. The predicted octanol–water partition coefficient (Wildman–Crippen LogP) is 3.08. The highest BCUT2D eigenvalue weighted by Crippen LogP contribution is 2.35. The Balaban J connectivity index is 2.62. The minimum Gasteiger partial charge on any atom is -0.496 e. The summed E-state index contributed by atoms with van der Waals surface area (Å²) in [5, 5.41) is 0. The highest BCUT2D eigenvalue weighted by atomic mass is 19.1. The predicted molar refractivity (Wildman–Crippen MR) is 75.9 cm³/mol. The number of hydrogen-bond donors (Lipinski definition) is 0. The Kier molecular flexibility index (Phi) is 4.42. The molecule has 0 amide bonds. The van der Waals surface area contributed by atoms with Crippen LogP contribution >= 0.6 is 0 Å². The molecule has 110 valence electrons. The first-order chi connectivity index (χ1) is 10.1. The molecule has 0 saturated carbocycles. The smallest absolute Gasteiger partial charge is 0.203 e. The van der Waals surface area contributed by atoms with Gasteiger partial charge in [-0.25, -0.2) is 4.39 Å². The van der Waals surface area contributed by atoms with E-state index in [1.54, 1.807) is 18.2 Å². The van der Waals surface area contributed by atoms with Gasteiger partial charge in [-0.3, -0.25) is 4.79 Å². The van der Waals surface area contributed by atoms with Gasteiger partial charge in [-0.1, -0.05) is 12.1 Å². The number of benzene rings is 2. The first kappa shape index (κ1) is 14.8. The molecule has 0 unspecified atom stereocenters. The van der Waals surface area contributed by atoms with Crippen molar-refractivity contribution in [1.82, 2.24) is 0 Å². The van der Waals surface area contributed by atoms with E-state index in [0.717, 1.165) is 0 Å². The van der Waals surface area contributed by atoms with E-state index >= 15 is 0 Å². The van der Waals surface area contributed by atoms with Crippen molar-refractivity contribution in [3.8, 4) is 17.2 Å². The van der Waals surface area contributed by atoms with E-state index in [1.807, 2.05) is 0 Å². The maximum absolute atomic E-state index is 13.8. The summed E-state index contributed by atoms with van der Waals surface area (Å²) in [6.07, 6.45) is 0. The zero-order chi connectivity index (χ0) is 15.4. The van der Waals surface area contributed by atoms with Gasteiger partial charge in [0.15, 0.2) is 0 Å². The van der Waals surface area contributed by atoms with Gasteiger partial charge in [0, 0.05) is 12.1 Å². The van der Waals surface area contributed by atoms with Crippen molar-refractivity contribution in [3.63, 3.8) is 0 Å². The van der Waals surface area contributed by atoms with Crippen molar-refractivity contribution in [1.29, 1.82) is 0 Å². The molecule has 2 rings (SSSR count). The standard InChI is InChI=1S/C16H15FO4/c1-19-10-8-13(20-2)15(14(9-10)21-3)16(18)11-6-4-5-7-12(11)17/h4-9H,1-3H3. The van der Waals surface area contributed by atoms with Gasteiger partial charge in [-0.2, -0.15) is 0 Å². The fraction of sp³-hybridized carbons (Fsp3) is 0.188. The van der Waals surface area contributed by atoms with E-state index in [1.165, 1.54) is 39.5 Å². The number of ketones is 1. The lowest BCUT2D eigenvalue weighted by molar-refractivity contribution is 0.102. The molecule has 2 aromatic rings. The Labute approximate surface area is 122 Å². The number of rotatable bonds is 5. The van der Waals surface area contributed by atoms with Crippen molar-refractivity contribution in [2.45, 2.75) is 0 Å². The number of methoxy groups -OCH3 is 3. The Hall–Kier alpha value is -2.56. The van der Waals surface area contributed by atoms with E-state index in [4.69, 9.17) is 14.2 Å². The van der Waals surface area contributed by atoms with Gasteiger partial charge in [-0.15, -0.1) is 0 Å². The van der Waals surface area contributed by atoms with Crippen LogP contribution in [-0.4, -0.2) is 27.1 Å². The van der Waals surface area contributed by atoms with Crippen molar-refractivity contribution < 1.29 is 23.4 Å². The summed E-state index contributed by atoms with van der Waals surface area (Å²) in [7, 11) is 4.34. The van der Waals surface area contributed by atoms with Crippen LogP contribution in [0.1, 0.15) is 15.9 Å². The third-order valence-corrected chi connectivity index (χ3v) is 3.06. The fourth-order valence-electron chi connectivity index (χ4n) is 2.01. The van der Waals surface area contributed by atoms with E-state index in [2.05, 4.69) is 0 Å². The van der Waals surface area contributed by atoms with Crippen molar-refractivity contribution in [2.75, 3.05) is 21.3 Å². The average molecular weight is 290 g/mol. The molecule has 0 saturated heterocycles. The molecule has 0 atom stereocenters. The van der Waals surface area contributed by atoms with Gasteiger partial charge in [0.05, 0.1) is 26.9 Å². The maximum atomic E-state index is 13.8. The molecule has 0 heterocycles. The third-order valence-electron chi connectivity index (χ3n) is 3.06. The molecule has 0 aromatic heterocycles. The second-order valence-corrected chi connectivity index (χ2v) is 4.22. The summed E-state index contributed by atoms with van der Waals surface area (Å²) in [6, 6.07) is 8.87. The van der Waals surface area contributed by atoms with E-state index < -0.39 is 11.6 Å². The van der Waals surface area contributed by atoms with Crippen LogP contribution in [0.3, 0.4) is 0 Å². The fourth-order valence-corrected chi connectivity index (χ4v) is 2.01. The molecule has 0 aliphatic carbocycles. The normalized spacial score (nSPS) is 10.1. The van der Waals surface area contributed by atoms with Crippen LogP contribution in [0.25, 0.3) is 0 Å². The first-order valence-corrected chi connectivity index (χ1v) is 6.21. The number of halogens is 1. The lowest BCUT2D eigenvalue weighted by Gasteiger charge is -2.14. The molecular formula is C16H15FO4. The lowest BCUT2D eigenvalue weighted by Crippen LogP contribution is -2.08. The van der Waals surface area contributed by atoms with E-state index in [-0.39, 0.29) is 22.6 Å². The molecule has 4 nitrogen and oxygen atoms in total. The zero-order valence-electron chi connectivity index (χ0n) is 12.0. The first-order valence-electron chi connectivity index (χ1n) is 6.21. The monoisotopic (exact) mass is 290 g/mol. The minimum atomic E-state index is -0.595. The Bertz CT molecular complexity index is 642. The molecule has 0 N–H and O–H groups in total. The number of ether oxygens (including phenoxy) is 3. The van der Waals surface area contributed by atoms with Crippen LogP contribution in [0.4, 0.5) is 4.39 Å². The SMILES string of the molecule is COc1cc(OC)c(C(=O)c2ccccc2F)c(OC)c1. The van der Waals surface area contributed by atoms with Gasteiger partial charge >= 0.3 is 0 Å². The minimum absolute atomic E-state index is 0.0423. The molecular weight excluding hydrogens is 275 g/mol. The summed E-state index contributed by atoms with van der Waals surface area (Å²) in [6.45, 7) is 0. The maximum Gasteiger partial charge on any atom is 0.203 e. The average Bonchev–Trinajstić information content (AvgIpc) is 2.53. The molecule has 0 fully saturated rings. The third kappa shape index (κ3) is 2.81. The largest absolute Gasteiger partial charge is 0.496 e. The molecule has 0 aliphatic rings. The van der Waals surface area contributed by atoms with Gasteiger partial charge in [-0.05, 0) is 12.1 Å². The van der Waals surface area contributed by atoms with Crippen LogP contribution in [0.5, 0.6) is 17.2 Å². The van der Waals surface area contributed by atoms with Crippen molar-refractivity contribution in [2.24, 2.45) is 0 Å². The number of hydrogen-bond acceptors (Lipinski definition) is 4. The summed E-state index contributed by atoms with van der Waals surface area (Å²) < 4.78 is 29.4. The molecule has 0 radical (unpaired) electrons. The van der Waals surface area contributed by atoms with Crippen LogP contribution in [0.2, 0.25) is 0 Å². The van der Waals surface area contributed by atoms with Crippen LogP contribution in [-0.2, 0) is 0 Å². The molecule has 0 spiro atoms. The molecule has 0 bridgehead atoms. The molecule has 5 heteroatoms. The quantitative estimate of drug-likeness (QED) is 0.794. The van der Waals surface area contributed by atoms with Crippen LogP contribution in [0, 0.1) is 5.82 Å². The number of carbonyl (C=O) groups excluding carboxylic acids is 1. The summed E-state index contributed by atoms with van der Waals surface area (Å²) in [5.41, 5.74) is 0.116. The molecule has 2 aromatic carbocycles. The van der Waals surface area contributed by atoms with Gasteiger partial charge in [0.25, 0.3) is 0 Å². The van der Waals surface area contributed by atoms with Crippen molar-refractivity contribution in [3.05, 3.63) is 53.3 Å². The van der Waals surface area contributed by atoms with Gasteiger partial charge in [0.1, 0.15) is 28.6 Å².